The molecule has 0 atom stereocenters. The Morgan fingerprint density at radius 2 is 1.88 bits per heavy atom. The van der Waals surface area contributed by atoms with E-state index in [1.807, 2.05) is 39.9 Å². The molecule has 1 N–H and O–H groups in total. The van der Waals surface area contributed by atoms with Crippen molar-refractivity contribution in [3.05, 3.63) is 40.8 Å². The molecule has 1 fully saturated rings. The minimum Gasteiger partial charge on any atom is -0.490 e. The predicted octanol–water partition coefficient (Wildman–Crippen LogP) is 3.51. The fourth-order valence-electron chi connectivity index (χ4n) is 5.69. The minimum absolute atomic E-state index is 0.105. The van der Waals surface area contributed by atoms with Crippen LogP contribution in [-0.2, 0) is 22.6 Å². The lowest BCUT2D eigenvalue weighted by Gasteiger charge is -2.25. The molecule has 42 heavy (non-hydrogen) atoms. The summed E-state index contributed by atoms with van der Waals surface area (Å²) >= 11 is 0. The topological polar surface area (TPSA) is 115 Å². The Bertz CT molecular complexity index is 1890. The fourth-order valence-corrected chi connectivity index (χ4v) is 7.07. The van der Waals surface area contributed by atoms with Crippen LogP contribution in [-0.4, -0.2) is 78.5 Å². The highest BCUT2D eigenvalue weighted by molar-refractivity contribution is 7.93. The van der Waals surface area contributed by atoms with Gasteiger partial charge in [0.1, 0.15) is 18.2 Å². The van der Waals surface area contributed by atoms with E-state index in [1.165, 1.54) is 10.6 Å². The molecule has 0 radical (unpaired) electrons. The van der Waals surface area contributed by atoms with Gasteiger partial charge < -0.3 is 14.5 Å². The molecule has 1 saturated carbocycles. The number of aryl methyl sites for hydroxylation is 1. The standard InChI is InChI=1S/C29H36FN7O4S/c1-29(2)16-41-26-23(19(30)13-20-24(26)25-22(15-31-20)36(6)28(38)37(25)29)17-12-21(33-42(39,40)18-8-9-18)27(32-14-17)35(5)11-7-10-34(3)4/h12-15,18,33H,7-11,16H2,1-6H3. The van der Waals surface area contributed by atoms with Crippen molar-refractivity contribution in [3.63, 3.8) is 0 Å². The molecule has 1 aromatic carbocycles. The number of aromatic nitrogens is 4. The maximum Gasteiger partial charge on any atom is 0.329 e. The Labute approximate surface area is 244 Å². The Morgan fingerprint density at radius 1 is 1.14 bits per heavy atom. The molecule has 0 saturated heterocycles. The van der Waals surface area contributed by atoms with Gasteiger partial charge in [-0.3, -0.25) is 18.8 Å². The molecule has 0 bridgehead atoms. The molecule has 4 aromatic rings. The average molecular weight is 598 g/mol. The molecule has 3 aromatic heterocycles. The lowest BCUT2D eigenvalue weighted by molar-refractivity contribution is 0.189. The number of benzene rings is 1. The van der Waals surface area contributed by atoms with Gasteiger partial charge >= 0.3 is 5.69 Å². The lowest BCUT2D eigenvalue weighted by Crippen LogP contribution is -2.40. The second-order valence-electron chi connectivity index (χ2n) is 12.2. The van der Waals surface area contributed by atoms with Crippen LogP contribution in [0.3, 0.4) is 0 Å². The van der Waals surface area contributed by atoms with Crippen LogP contribution in [0.4, 0.5) is 15.9 Å². The number of pyridine rings is 2. The number of nitrogens with one attached hydrogen (secondary N) is 1. The molecule has 4 heterocycles. The van der Waals surface area contributed by atoms with E-state index in [1.54, 1.807) is 30.1 Å². The Morgan fingerprint density at radius 3 is 2.57 bits per heavy atom. The highest BCUT2D eigenvalue weighted by Crippen LogP contribution is 2.45. The van der Waals surface area contributed by atoms with E-state index in [0.717, 1.165) is 13.0 Å². The third-order valence-electron chi connectivity index (χ3n) is 8.09. The summed E-state index contributed by atoms with van der Waals surface area (Å²) in [4.78, 5) is 26.4. The maximum absolute atomic E-state index is 16.0. The van der Waals surface area contributed by atoms with Crippen LogP contribution >= 0.6 is 0 Å². The van der Waals surface area contributed by atoms with Gasteiger partial charge in [-0.25, -0.2) is 22.6 Å². The number of hydrogen-bond donors (Lipinski definition) is 1. The van der Waals surface area contributed by atoms with Gasteiger partial charge in [-0.2, -0.15) is 0 Å². The minimum atomic E-state index is -3.63. The van der Waals surface area contributed by atoms with Crippen molar-refractivity contribution in [2.45, 2.75) is 43.9 Å². The van der Waals surface area contributed by atoms with E-state index in [0.29, 0.717) is 52.7 Å². The van der Waals surface area contributed by atoms with Crippen molar-refractivity contribution < 1.29 is 17.5 Å². The molecule has 2 aliphatic rings. The fraction of sp³-hybridized carbons (Fsp3) is 0.483. The van der Waals surface area contributed by atoms with Crippen molar-refractivity contribution in [2.75, 3.05) is 50.5 Å². The lowest BCUT2D eigenvalue weighted by atomic mass is 10.0. The predicted molar refractivity (Wildman–Crippen MR) is 162 cm³/mol. The number of ether oxygens (including phenoxy) is 1. The average Bonchev–Trinajstić information content (AvgIpc) is 3.74. The zero-order valence-corrected chi connectivity index (χ0v) is 25.5. The number of anilines is 2. The molecule has 0 spiro atoms. The summed E-state index contributed by atoms with van der Waals surface area (Å²) < 4.78 is 54.4. The third kappa shape index (κ3) is 4.68. The molecule has 224 valence electrons. The second kappa shape index (κ2) is 9.94. The summed E-state index contributed by atoms with van der Waals surface area (Å²) in [5, 5.41) is 0.0760. The summed E-state index contributed by atoms with van der Waals surface area (Å²) in [6.07, 6.45) is 5.17. The summed E-state index contributed by atoms with van der Waals surface area (Å²) in [6.45, 7) is 5.40. The first-order valence-electron chi connectivity index (χ1n) is 14.0. The number of imidazole rings is 1. The van der Waals surface area contributed by atoms with E-state index >= 15 is 4.39 Å². The molecular formula is C29H36FN7O4S. The van der Waals surface area contributed by atoms with Crippen molar-refractivity contribution in [1.82, 2.24) is 24.0 Å². The number of rotatable bonds is 9. The molecule has 11 nitrogen and oxygen atoms in total. The quantitative estimate of drug-likeness (QED) is 0.312. The van der Waals surface area contributed by atoms with E-state index in [9.17, 15) is 13.2 Å². The first kappa shape index (κ1) is 28.4. The highest BCUT2D eigenvalue weighted by Gasteiger charge is 2.37. The molecule has 1 aliphatic carbocycles. The van der Waals surface area contributed by atoms with Crippen LogP contribution in [0.5, 0.6) is 5.75 Å². The number of hydrogen-bond acceptors (Lipinski definition) is 8. The van der Waals surface area contributed by atoms with E-state index < -0.39 is 26.6 Å². The summed E-state index contributed by atoms with van der Waals surface area (Å²) in [6, 6.07) is 2.95. The second-order valence-corrected chi connectivity index (χ2v) is 14.2. The molecule has 6 rings (SSSR count). The van der Waals surface area contributed by atoms with Gasteiger partial charge in [0.2, 0.25) is 10.0 Å². The van der Waals surface area contributed by atoms with E-state index in [2.05, 4.69) is 19.6 Å². The third-order valence-corrected chi connectivity index (χ3v) is 9.94. The smallest absolute Gasteiger partial charge is 0.329 e. The van der Waals surface area contributed by atoms with Crippen LogP contribution in [0, 0.1) is 5.82 Å². The SMILES string of the molecule is CN(C)CCCN(C)c1ncc(-c2c(F)cc3ncc4c5c3c2OCC(C)(C)n5c(=O)n4C)cc1NS(=O)(=O)C1CC1. The van der Waals surface area contributed by atoms with Gasteiger partial charge in [-0.15, -0.1) is 0 Å². The molecule has 0 unspecified atom stereocenters. The largest absolute Gasteiger partial charge is 0.490 e. The number of halogens is 1. The van der Waals surface area contributed by atoms with Crippen molar-refractivity contribution in [1.29, 1.82) is 0 Å². The van der Waals surface area contributed by atoms with Crippen molar-refractivity contribution in [3.8, 4) is 16.9 Å². The molecule has 1 aliphatic heterocycles. The van der Waals surface area contributed by atoms with Gasteiger partial charge in [-0.1, -0.05) is 0 Å². The Hall–Kier alpha value is -3.71. The summed E-state index contributed by atoms with van der Waals surface area (Å²) in [5.41, 5.74) is 1.40. The van der Waals surface area contributed by atoms with Crippen LogP contribution in [0.2, 0.25) is 0 Å². The Balaban J connectivity index is 1.55. The monoisotopic (exact) mass is 597 g/mol. The highest BCUT2D eigenvalue weighted by atomic mass is 32.2. The van der Waals surface area contributed by atoms with Crippen molar-refractivity contribution >= 4 is 43.5 Å². The van der Waals surface area contributed by atoms with Gasteiger partial charge in [0.15, 0.2) is 5.82 Å². The van der Waals surface area contributed by atoms with Gasteiger partial charge in [-0.05, 0) is 59.8 Å². The van der Waals surface area contributed by atoms with Crippen LogP contribution in [0.15, 0.2) is 29.3 Å². The van der Waals surface area contributed by atoms with E-state index in [4.69, 9.17) is 4.74 Å². The summed E-state index contributed by atoms with van der Waals surface area (Å²) in [7, 11) is 3.91. The zero-order chi connectivity index (χ0) is 30.1. The zero-order valence-electron chi connectivity index (χ0n) is 24.7. The Kier molecular flexibility index (Phi) is 6.72. The maximum atomic E-state index is 16.0. The van der Waals surface area contributed by atoms with E-state index in [-0.39, 0.29) is 29.3 Å². The first-order chi connectivity index (χ1) is 19.8. The number of sulfonamides is 1. The van der Waals surface area contributed by atoms with Crippen LogP contribution < -0.4 is 20.0 Å². The molecule has 0 amide bonds. The number of nitrogens with zero attached hydrogens (tertiary/aromatic N) is 6. The van der Waals surface area contributed by atoms with Crippen LogP contribution in [0.25, 0.3) is 33.1 Å². The normalized spacial score (nSPS) is 16.3. The van der Waals surface area contributed by atoms with Crippen LogP contribution in [0.1, 0.15) is 33.1 Å². The van der Waals surface area contributed by atoms with Crippen molar-refractivity contribution in [2.24, 2.45) is 7.05 Å². The molecular weight excluding hydrogens is 561 g/mol. The van der Waals surface area contributed by atoms with Gasteiger partial charge in [0.05, 0.1) is 50.2 Å². The van der Waals surface area contributed by atoms with Gasteiger partial charge in [0, 0.05) is 38.5 Å². The molecule has 13 heteroatoms. The van der Waals surface area contributed by atoms with Gasteiger partial charge in [0.25, 0.3) is 0 Å². The summed E-state index contributed by atoms with van der Waals surface area (Å²) in [5.74, 6) is 0.119. The first-order valence-corrected chi connectivity index (χ1v) is 15.6.